The zero-order valence-corrected chi connectivity index (χ0v) is 11.0. The van der Waals surface area contributed by atoms with E-state index in [1.807, 2.05) is 0 Å². The second kappa shape index (κ2) is 8.04. The van der Waals surface area contributed by atoms with Gasteiger partial charge in [0.15, 0.2) is 0 Å². The van der Waals surface area contributed by atoms with E-state index >= 15 is 0 Å². The Balaban J connectivity index is 2.16. The molecule has 16 heavy (non-hydrogen) atoms. The van der Waals surface area contributed by atoms with E-state index < -0.39 is 0 Å². The molecule has 1 heterocycles. The number of nitrogens with zero attached hydrogens (tertiary/aromatic N) is 1. The van der Waals surface area contributed by atoms with E-state index in [9.17, 15) is 0 Å². The van der Waals surface area contributed by atoms with Crippen molar-refractivity contribution in [1.82, 2.24) is 4.90 Å². The molecule has 2 atom stereocenters. The van der Waals surface area contributed by atoms with Crippen LogP contribution in [-0.4, -0.2) is 43.3 Å². The van der Waals surface area contributed by atoms with Crippen LogP contribution in [0.1, 0.15) is 46.0 Å². The summed E-state index contributed by atoms with van der Waals surface area (Å²) in [5.41, 5.74) is 5.65. The molecule has 1 aliphatic heterocycles. The number of nitrogens with two attached hydrogens (primary N) is 1. The van der Waals surface area contributed by atoms with E-state index in [0.717, 1.165) is 19.7 Å². The molecule has 1 rings (SSSR count). The van der Waals surface area contributed by atoms with Gasteiger partial charge in [-0.15, -0.1) is 0 Å². The van der Waals surface area contributed by atoms with Crippen molar-refractivity contribution in [1.29, 1.82) is 0 Å². The molecule has 0 radical (unpaired) electrons. The topological polar surface area (TPSA) is 38.5 Å². The van der Waals surface area contributed by atoms with Crippen molar-refractivity contribution in [3.63, 3.8) is 0 Å². The van der Waals surface area contributed by atoms with Crippen molar-refractivity contribution in [3.8, 4) is 0 Å². The molecule has 0 bridgehead atoms. The van der Waals surface area contributed by atoms with E-state index in [4.69, 9.17) is 10.5 Å². The molecule has 96 valence electrons. The van der Waals surface area contributed by atoms with Crippen LogP contribution in [0.3, 0.4) is 0 Å². The van der Waals surface area contributed by atoms with Gasteiger partial charge in [0.25, 0.3) is 0 Å². The minimum atomic E-state index is 0.256. The summed E-state index contributed by atoms with van der Waals surface area (Å²) in [6.45, 7) is 8.19. The lowest BCUT2D eigenvalue weighted by molar-refractivity contribution is -0.0372. The second-order valence-corrected chi connectivity index (χ2v) is 4.92. The van der Waals surface area contributed by atoms with Gasteiger partial charge in [-0.2, -0.15) is 0 Å². The molecule has 3 nitrogen and oxygen atoms in total. The van der Waals surface area contributed by atoms with Crippen LogP contribution in [0.25, 0.3) is 0 Å². The first-order valence-corrected chi connectivity index (χ1v) is 6.83. The smallest absolute Gasteiger partial charge is 0.0824 e. The molecule has 0 saturated carbocycles. The summed E-state index contributed by atoms with van der Waals surface area (Å²) >= 11 is 0. The Kier molecular flexibility index (Phi) is 7.01. The highest BCUT2D eigenvalue weighted by atomic mass is 16.5. The molecule has 2 N–H and O–H groups in total. The summed E-state index contributed by atoms with van der Waals surface area (Å²) in [6.07, 6.45) is 7.01. The lowest BCUT2D eigenvalue weighted by Crippen LogP contribution is -2.49. The first-order valence-electron chi connectivity index (χ1n) is 6.83. The Morgan fingerprint density at radius 3 is 2.88 bits per heavy atom. The summed E-state index contributed by atoms with van der Waals surface area (Å²) < 4.78 is 5.58. The first-order chi connectivity index (χ1) is 7.77. The van der Waals surface area contributed by atoms with Crippen LogP contribution in [0.15, 0.2) is 0 Å². The molecule has 0 aromatic rings. The molecule has 0 aromatic heterocycles. The monoisotopic (exact) mass is 228 g/mol. The maximum atomic E-state index is 5.65. The molecular weight excluding hydrogens is 200 g/mol. The van der Waals surface area contributed by atoms with E-state index in [1.54, 1.807) is 0 Å². The number of morpholine rings is 1. The molecule has 1 aliphatic rings. The van der Waals surface area contributed by atoms with E-state index in [1.165, 1.54) is 32.1 Å². The van der Waals surface area contributed by atoms with Gasteiger partial charge in [0.1, 0.15) is 0 Å². The summed E-state index contributed by atoms with van der Waals surface area (Å²) in [7, 11) is 0. The van der Waals surface area contributed by atoms with Crippen LogP contribution in [0.4, 0.5) is 0 Å². The lowest BCUT2D eigenvalue weighted by atomic mass is 10.1. The minimum Gasteiger partial charge on any atom is -0.374 e. The number of hydrogen-bond donors (Lipinski definition) is 1. The largest absolute Gasteiger partial charge is 0.374 e. The van der Waals surface area contributed by atoms with Gasteiger partial charge in [-0.25, -0.2) is 0 Å². The lowest BCUT2D eigenvalue weighted by Gasteiger charge is -2.36. The summed E-state index contributed by atoms with van der Waals surface area (Å²) in [4.78, 5) is 2.53. The Labute approximate surface area is 100 Å². The van der Waals surface area contributed by atoms with E-state index in [-0.39, 0.29) is 6.10 Å². The van der Waals surface area contributed by atoms with Crippen molar-refractivity contribution in [2.45, 2.75) is 58.1 Å². The van der Waals surface area contributed by atoms with Gasteiger partial charge in [-0.1, -0.05) is 32.6 Å². The fourth-order valence-electron chi connectivity index (χ4n) is 2.33. The molecule has 0 amide bonds. The van der Waals surface area contributed by atoms with Gasteiger partial charge in [-0.3, -0.25) is 4.90 Å². The van der Waals surface area contributed by atoms with Gasteiger partial charge < -0.3 is 10.5 Å². The summed E-state index contributed by atoms with van der Waals surface area (Å²) in [5.74, 6) is 0. The predicted octanol–water partition coefficient (Wildman–Crippen LogP) is 2.00. The van der Waals surface area contributed by atoms with Crippen LogP contribution in [0.5, 0.6) is 0 Å². The normalized spacial score (nSPS) is 24.6. The Morgan fingerprint density at radius 2 is 2.19 bits per heavy atom. The van der Waals surface area contributed by atoms with Crippen LogP contribution in [-0.2, 0) is 4.74 Å². The molecule has 0 spiro atoms. The highest BCUT2D eigenvalue weighted by Gasteiger charge is 2.22. The fourth-order valence-corrected chi connectivity index (χ4v) is 2.33. The third kappa shape index (κ3) is 4.81. The highest BCUT2D eigenvalue weighted by Crippen LogP contribution is 2.14. The van der Waals surface area contributed by atoms with Crippen molar-refractivity contribution in [3.05, 3.63) is 0 Å². The van der Waals surface area contributed by atoms with Gasteiger partial charge in [0, 0.05) is 25.7 Å². The van der Waals surface area contributed by atoms with Crippen molar-refractivity contribution >= 4 is 0 Å². The Hall–Kier alpha value is -0.120. The van der Waals surface area contributed by atoms with E-state index in [0.29, 0.717) is 12.6 Å². The SMILES string of the molecule is CCCCCCC(C)N1CCOC(CN)C1. The minimum absolute atomic E-state index is 0.256. The zero-order chi connectivity index (χ0) is 11.8. The molecule has 0 aliphatic carbocycles. The maximum absolute atomic E-state index is 5.65. The van der Waals surface area contributed by atoms with Crippen LogP contribution < -0.4 is 5.73 Å². The van der Waals surface area contributed by atoms with Crippen molar-refractivity contribution in [2.75, 3.05) is 26.2 Å². The first kappa shape index (κ1) is 13.9. The molecule has 0 aromatic carbocycles. The van der Waals surface area contributed by atoms with Crippen LogP contribution in [0.2, 0.25) is 0 Å². The molecule has 1 fully saturated rings. The van der Waals surface area contributed by atoms with Crippen molar-refractivity contribution < 1.29 is 4.74 Å². The molecule has 3 heteroatoms. The number of hydrogen-bond acceptors (Lipinski definition) is 3. The number of rotatable bonds is 7. The number of ether oxygens (including phenoxy) is 1. The summed E-state index contributed by atoms with van der Waals surface area (Å²) in [6, 6.07) is 0.690. The van der Waals surface area contributed by atoms with Gasteiger partial charge in [0.05, 0.1) is 12.7 Å². The average molecular weight is 228 g/mol. The van der Waals surface area contributed by atoms with Gasteiger partial charge in [-0.05, 0) is 13.3 Å². The van der Waals surface area contributed by atoms with E-state index in [2.05, 4.69) is 18.7 Å². The highest BCUT2D eigenvalue weighted by molar-refractivity contribution is 4.76. The zero-order valence-electron chi connectivity index (χ0n) is 11.0. The van der Waals surface area contributed by atoms with Crippen molar-refractivity contribution in [2.24, 2.45) is 5.73 Å². The third-order valence-electron chi connectivity index (χ3n) is 3.53. The number of unbranched alkanes of at least 4 members (excludes halogenated alkanes) is 3. The molecule has 2 unspecified atom stereocenters. The Morgan fingerprint density at radius 1 is 1.38 bits per heavy atom. The van der Waals surface area contributed by atoms with Gasteiger partial charge >= 0.3 is 0 Å². The Bertz CT molecular complexity index is 175. The molecular formula is C13H28N2O. The molecule has 1 saturated heterocycles. The fraction of sp³-hybridized carbons (Fsp3) is 1.00. The predicted molar refractivity (Wildman–Crippen MR) is 68.6 cm³/mol. The second-order valence-electron chi connectivity index (χ2n) is 4.92. The van der Waals surface area contributed by atoms with Crippen LogP contribution >= 0.6 is 0 Å². The quantitative estimate of drug-likeness (QED) is 0.677. The summed E-state index contributed by atoms with van der Waals surface area (Å²) in [5, 5.41) is 0. The maximum Gasteiger partial charge on any atom is 0.0824 e. The third-order valence-corrected chi connectivity index (χ3v) is 3.53. The standard InChI is InChI=1S/C13H28N2O/c1-3-4-5-6-7-12(2)15-8-9-16-13(10-14)11-15/h12-13H,3-11,14H2,1-2H3. The van der Waals surface area contributed by atoms with Crippen LogP contribution in [0, 0.1) is 0 Å². The average Bonchev–Trinajstić information content (AvgIpc) is 2.34. The van der Waals surface area contributed by atoms with Gasteiger partial charge in [0.2, 0.25) is 0 Å².